The fraction of sp³-hybridized carbons (Fsp3) is 0.679. The number of nitrogens with one attached hydrogen (secondary N) is 1. The van der Waals surface area contributed by atoms with E-state index in [1.807, 2.05) is 18.2 Å². The van der Waals surface area contributed by atoms with Gasteiger partial charge in [-0.05, 0) is 70.6 Å². The van der Waals surface area contributed by atoms with Gasteiger partial charge in [0.25, 0.3) is 0 Å². The highest BCUT2D eigenvalue weighted by Crippen LogP contribution is 2.15. The molecule has 0 aliphatic rings. The van der Waals surface area contributed by atoms with Gasteiger partial charge in [0.15, 0.2) is 0 Å². The van der Waals surface area contributed by atoms with Crippen molar-refractivity contribution in [2.45, 2.75) is 225 Å². The first kappa shape index (κ1) is 54.3. The van der Waals surface area contributed by atoms with Crippen LogP contribution >= 0.6 is 0 Å². The molecule has 0 saturated carbocycles. The highest BCUT2D eigenvalue weighted by atomic mass is 16.3. The van der Waals surface area contributed by atoms with Crippen molar-refractivity contribution < 1.29 is 15.0 Å². The van der Waals surface area contributed by atoms with E-state index in [0.717, 1.165) is 57.8 Å². The quantitative estimate of drug-likeness (QED) is 0.0426. The van der Waals surface area contributed by atoms with Crippen molar-refractivity contribution >= 4 is 5.91 Å². The number of aliphatic hydroxyl groups excluding tert-OH is 2. The molecule has 2 atom stereocenters. The van der Waals surface area contributed by atoms with Crippen LogP contribution in [0.1, 0.15) is 213 Å². The zero-order valence-electron chi connectivity index (χ0n) is 37.3. The van der Waals surface area contributed by atoms with Crippen molar-refractivity contribution in [3.05, 3.63) is 97.2 Å². The molecule has 0 saturated heterocycles. The molecule has 0 aromatic rings. The van der Waals surface area contributed by atoms with Crippen LogP contribution in [-0.2, 0) is 4.79 Å². The average molecular weight is 790 g/mol. The maximum atomic E-state index is 12.3. The molecule has 4 nitrogen and oxygen atoms in total. The van der Waals surface area contributed by atoms with Crippen LogP contribution in [-0.4, -0.2) is 34.9 Å². The number of hydrogen-bond acceptors (Lipinski definition) is 3. The largest absolute Gasteiger partial charge is 0.394 e. The minimum atomic E-state index is -0.916. The Balaban J connectivity index is 3.67. The van der Waals surface area contributed by atoms with E-state index < -0.39 is 12.1 Å². The van der Waals surface area contributed by atoms with Gasteiger partial charge in [-0.2, -0.15) is 0 Å². The zero-order valence-corrected chi connectivity index (χ0v) is 37.3. The molecule has 0 aromatic carbocycles. The third-order valence-electron chi connectivity index (χ3n) is 10.3. The topological polar surface area (TPSA) is 69.6 Å². The Kier molecular flexibility index (Phi) is 45.4. The highest BCUT2D eigenvalue weighted by Gasteiger charge is 2.17. The van der Waals surface area contributed by atoms with Gasteiger partial charge in [-0.15, -0.1) is 0 Å². The fourth-order valence-electron chi connectivity index (χ4n) is 6.69. The van der Waals surface area contributed by atoms with Crippen molar-refractivity contribution in [2.75, 3.05) is 6.61 Å². The summed E-state index contributed by atoms with van der Waals surface area (Å²) in [7, 11) is 0. The maximum Gasteiger partial charge on any atom is 0.224 e. The number of carbonyl (C=O) groups is 1. The summed E-state index contributed by atoms with van der Waals surface area (Å²) in [5.41, 5.74) is 0. The highest BCUT2D eigenvalue weighted by molar-refractivity contribution is 5.77. The van der Waals surface area contributed by atoms with Crippen LogP contribution in [0.5, 0.6) is 0 Å². The molecule has 4 heteroatoms. The van der Waals surface area contributed by atoms with Crippen LogP contribution in [0.3, 0.4) is 0 Å². The zero-order chi connectivity index (χ0) is 41.4. The molecule has 0 heterocycles. The molecular weight excluding hydrogens is 699 g/mol. The summed E-state index contributed by atoms with van der Waals surface area (Å²) < 4.78 is 0. The first-order valence-corrected chi connectivity index (χ1v) is 24.0. The van der Waals surface area contributed by atoms with Gasteiger partial charge in [-0.25, -0.2) is 0 Å². The van der Waals surface area contributed by atoms with E-state index in [1.54, 1.807) is 6.08 Å². The molecule has 326 valence electrons. The van der Waals surface area contributed by atoms with E-state index in [1.165, 1.54) is 135 Å². The molecule has 3 N–H and O–H groups in total. The van der Waals surface area contributed by atoms with E-state index in [0.29, 0.717) is 0 Å². The number of rotatable bonds is 42. The van der Waals surface area contributed by atoms with Crippen LogP contribution in [0, 0.1) is 0 Å². The first-order chi connectivity index (χ1) is 28.2. The monoisotopic (exact) mass is 790 g/mol. The normalized spacial score (nSPS) is 13.8. The molecule has 0 aromatic heterocycles. The van der Waals surface area contributed by atoms with E-state index in [9.17, 15) is 15.0 Å². The van der Waals surface area contributed by atoms with Crippen molar-refractivity contribution in [1.29, 1.82) is 0 Å². The molecule has 0 radical (unpaired) electrons. The van der Waals surface area contributed by atoms with Gasteiger partial charge in [0.05, 0.1) is 18.8 Å². The predicted molar refractivity (Wildman–Crippen MR) is 253 cm³/mol. The summed E-state index contributed by atoms with van der Waals surface area (Å²) in [6, 6.07) is -0.706. The minimum absolute atomic E-state index is 0.208. The van der Waals surface area contributed by atoms with Gasteiger partial charge in [0, 0.05) is 6.42 Å². The Hall–Kier alpha value is -2.69. The summed E-state index contributed by atoms with van der Waals surface area (Å²) in [4.78, 5) is 12.3. The van der Waals surface area contributed by atoms with Gasteiger partial charge < -0.3 is 15.5 Å². The molecule has 0 bridgehead atoms. The minimum Gasteiger partial charge on any atom is -0.394 e. The Bertz CT molecular complexity index is 1080. The number of carbonyl (C=O) groups excluding carboxylic acids is 1. The Labute approximate surface area is 353 Å². The molecule has 0 spiro atoms. The maximum absolute atomic E-state index is 12.3. The van der Waals surface area contributed by atoms with Crippen LogP contribution in [0.2, 0.25) is 0 Å². The number of hydrogen-bond donors (Lipinski definition) is 3. The second-order valence-corrected chi connectivity index (χ2v) is 15.8. The second kappa shape index (κ2) is 47.7. The average Bonchev–Trinajstić information content (AvgIpc) is 3.22. The van der Waals surface area contributed by atoms with Crippen molar-refractivity contribution in [1.82, 2.24) is 5.32 Å². The van der Waals surface area contributed by atoms with E-state index >= 15 is 0 Å². The number of aliphatic hydroxyl groups is 2. The van der Waals surface area contributed by atoms with Crippen LogP contribution in [0.4, 0.5) is 0 Å². The SMILES string of the molecule is CC/C=C\C/C=C\C/C=C\C/C=C\C/C=C\CC(=O)NC(CO)C(O)/C=C/CC/C=C/CC/C=C/CCCCCCCCCCCCCCCCCCCCCC. The summed E-state index contributed by atoms with van der Waals surface area (Å²) in [5.74, 6) is -0.208. The lowest BCUT2D eigenvalue weighted by molar-refractivity contribution is -0.122. The first-order valence-electron chi connectivity index (χ1n) is 24.0. The van der Waals surface area contributed by atoms with Crippen LogP contribution in [0.15, 0.2) is 97.2 Å². The van der Waals surface area contributed by atoms with Crippen LogP contribution in [0.25, 0.3) is 0 Å². The van der Waals surface area contributed by atoms with Crippen molar-refractivity contribution in [3.63, 3.8) is 0 Å². The number of unbranched alkanes of at least 4 members (excludes halogenated alkanes) is 22. The van der Waals surface area contributed by atoms with Gasteiger partial charge in [-0.3, -0.25) is 4.79 Å². The Morgan fingerprint density at radius 2 is 0.789 bits per heavy atom. The number of allylic oxidation sites excluding steroid dienone is 14. The smallest absolute Gasteiger partial charge is 0.224 e. The second-order valence-electron chi connectivity index (χ2n) is 15.8. The van der Waals surface area contributed by atoms with E-state index in [4.69, 9.17) is 0 Å². The number of amides is 1. The van der Waals surface area contributed by atoms with Gasteiger partial charge >= 0.3 is 0 Å². The summed E-state index contributed by atoms with van der Waals surface area (Å²) in [5, 5.41) is 22.9. The molecule has 0 aliphatic heterocycles. The van der Waals surface area contributed by atoms with Gasteiger partial charge in [0.2, 0.25) is 5.91 Å². The summed E-state index contributed by atoms with van der Waals surface area (Å²) >= 11 is 0. The van der Waals surface area contributed by atoms with E-state index in [2.05, 4.69) is 92.1 Å². The summed E-state index contributed by atoms with van der Waals surface area (Å²) in [6.07, 6.45) is 71.4. The molecular formula is C53H91NO3. The van der Waals surface area contributed by atoms with Crippen LogP contribution < -0.4 is 5.32 Å². The van der Waals surface area contributed by atoms with Crippen molar-refractivity contribution in [2.24, 2.45) is 0 Å². The molecule has 1 amide bonds. The van der Waals surface area contributed by atoms with Crippen molar-refractivity contribution in [3.8, 4) is 0 Å². The molecule has 57 heavy (non-hydrogen) atoms. The third-order valence-corrected chi connectivity index (χ3v) is 10.3. The Morgan fingerprint density at radius 1 is 0.439 bits per heavy atom. The lowest BCUT2D eigenvalue weighted by Gasteiger charge is -2.19. The Morgan fingerprint density at radius 3 is 1.19 bits per heavy atom. The van der Waals surface area contributed by atoms with Gasteiger partial charge in [0.1, 0.15) is 0 Å². The molecule has 2 unspecified atom stereocenters. The predicted octanol–water partition coefficient (Wildman–Crippen LogP) is 15.4. The fourth-order valence-corrected chi connectivity index (χ4v) is 6.69. The molecule has 0 fully saturated rings. The third kappa shape index (κ3) is 44.3. The van der Waals surface area contributed by atoms with E-state index in [-0.39, 0.29) is 18.9 Å². The summed E-state index contributed by atoms with van der Waals surface area (Å²) in [6.45, 7) is 4.13. The lowest BCUT2D eigenvalue weighted by atomic mass is 10.0. The molecule has 0 aliphatic carbocycles. The lowest BCUT2D eigenvalue weighted by Crippen LogP contribution is -2.44. The molecule has 0 rings (SSSR count). The van der Waals surface area contributed by atoms with Gasteiger partial charge in [-0.1, -0.05) is 233 Å². The standard InChI is InChI=1S/C53H91NO3/c1-3-5-7-9-11-13-15-17-19-20-21-22-23-24-25-26-27-28-29-30-31-32-33-35-36-38-40-42-44-46-48-52(56)51(50-55)54-53(57)49-47-45-43-41-39-37-34-18-16-14-12-10-8-6-4-2/h6,8,12,14,18,32-34,38-41,45-48,51-52,55-56H,3-5,7,9-11,13,15-17,19-31,35-37,42-44,49-50H2,1-2H3,(H,54,57)/b8-6-,14-12-,33-32+,34-18-,40-38+,41-39-,47-45-,48-46+.